The smallest absolute Gasteiger partial charge is 0.255 e. The summed E-state index contributed by atoms with van der Waals surface area (Å²) in [6, 6.07) is 10.6. The number of aromatic hydroxyl groups is 1. The van der Waals surface area contributed by atoms with Crippen LogP contribution in [0.25, 0.3) is 0 Å². The lowest BCUT2D eigenvalue weighted by atomic mass is 10.1. The Morgan fingerprint density at radius 1 is 1.29 bits per heavy atom. The Morgan fingerprint density at radius 3 is 2.52 bits per heavy atom. The molecule has 0 bridgehead atoms. The molecule has 0 aromatic heterocycles. The molecule has 2 aromatic carbocycles. The third kappa shape index (κ3) is 3.58. The standard InChI is InChI=1S/C16H17FN2O2/c1-10(12-4-2-11(9-18)3-5-12)19-16(21)14-7-6-13(17)8-15(14)20/h2-8,10,20H,9,18H2,1H3,(H,19,21). The fourth-order valence-corrected chi connectivity index (χ4v) is 2.00. The van der Waals surface area contributed by atoms with Crippen molar-refractivity contribution < 1.29 is 14.3 Å². The highest BCUT2D eigenvalue weighted by molar-refractivity contribution is 5.97. The molecule has 5 heteroatoms. The van der Waals surface area contributed by atoms with Gasteiger partial charge in [-0.25, -0.2) is 4.39 Å². The molecule has 0 saturated heterocycles. The molecule has 1 amide bonds. The fourth-order valence-electron chi connectivity index (χ4n) is 2.00. The zero-order valence-electron chi connectivity index (χ0n) is 11.6. The van der Waals surface area contributed by atoms with Crippen LogP contribution in [0.3, 0.4) is 0 Å². The molecule has 0 heterocycles. The number of phenols is 1. The van der Waals surface area contributed by atoms with E-state index in [2.05, 4.69) is 5.32 Å². The minimum absolute atomic E-state index is 0.0434. The number of rotatable bonds is 4. The van der Waals surface area contributed by atoms with Gasteiger partial charge in [0.2, 0.25) is 0 Å². The van der Waals surface area contributed by atoms with Gasteiger partial charge in [-0.05, 0) is 30.2 Å². The number of amides is 1. The third-order valence-electron chi connectivity index (χ3n) is 3.27. The molecule has 21 heavy (non-hydrogen) atoms. The van der Waals surface area contributed by atoms with Gasteiger partial charge in [0.25, 0.3) is 5.91 Å². The van der Waals surface area contributed by atoms with Crippen LogP contribution in [-0.4, -0.2) is 11.0 Å². The Bertz CT molecular complexity index is 641. The third-order valence-corrected chi connectivity index (χ3v) is 3.27. The van der Waals surface area contributed by atoms with Crippen LogP contribution >= 0.6 is 0 Å². The first kappa shape index (κ1) is 15.0. The van der Waals surface area contributed by atoms with Crippen molar-refractivity contribution in [3.8, 4) is 5.75 Å². The normalized spacial score (nSPS) is 12.0. The van der Waals surface area contributed by atoms with Crippen LogP contribution in [-0.2, 0) is 6.54 Å². The van der Waals surface area contributed by atoms with Gasteiger partial charge in [-0.3, -0.25) is 4.79 Å². The summed E-state index contributed by atoms with van der Waals surface area (Å²) < 4.78 is 12.9. The van der Waals surface area contributed by atoms with Gasteiger partial charge in [0, 0.05) is 12.6 Å². The Kier molecular flexibility index (Phi) is 4.55. The van der Waals surface area contributed by atoms with Crippen LogP contribution in [0.1, 0.15) is 34.5 Å². The van der Waals surface area contributed by atoms with Gasteiger partial charge >= 0.3 is 0 Å². The van der Waals surface area contributed by atoms with E-state index in [0.717, 1.165) is 23.3 Å². The first-order valence-corrected chi connectivity index (χ1v) is 6.59. The molecular formula is C16H17FN2O2. The molecule has 0 saturated carbocycles. The largest absolute Gasteiger partial charge is 0.507 e. The molecule has 0 aliphatic carbocycles. The summed E-state index contributed by atoms with van der Waals surface area (Å²) >= 11 is 0. The highest BCUT2D eigenvalue weighted by atomic mass is 19.1. The van der Waals surface area contributed by atoms with Crippen molar-refractivity contribution in [3.63, 3.8) is 0 Å². The van der Waals surface area contributed by atoms with Crippen molar-refractivity contribution in [2.75, 3.05) is 0 Å². The van der Waals surface area contributed by atoms with E-state index in [1.165, 1.54) is 6.07 Å². The molecular weight excluding hydrogens is 271 g/mol. The average Bonchev–Trinajstić information content (AvgIpc) is 2.47. The minimum Gasteiger partial charge on any atom is -0.507 e. The van der Waals surface area contributed by atoms with E-state index < -0.39 is 11.7 Å². The summed E-state index contributed by atoms with van der Waals surface area (Å²) in [7, 11) is 0. The maximum atomic E-state index is 12.9. The van der Waals surface area contributed by atoms with E-state index in [9.17, 15) is 14.3 Å². The number of nitrogens with two attached hydrogens (primary N) is 1. The number of halogens is 1. The van der Waals surface area contributed by atoms with Crippen molar-refractivity contribution in [2.45, 2.75) is 19.5 Å². The molecule has 1 atom stereocenters. The molecule has 0 aliphatic rings. The van der Waals surface area contributed by atoms with Crippen LogP contribution < -0.4 is 11.1 Å². The molecule has 4 N–H and O–H groups in total. The van der Waals surface area contributed by atoms with E-state index in [1.807, 2.05) is 31.2 Å². The number of nitrogens with one attached hydrogen (secondary N) is 1. The Labute approximate surface area is 122 Å². The van der Waals surface area contributed by atoms with E-state index in [-0.39, 0.29) is 17.4 Å². The van der Waals surface area contributed by atoms with Gasteiger partial charge in [-0.2, -0.15) is 0 Å². The van der Waals surface area contributed by atoms with Gasteiger partial charge in [0.15, 0.2) is 0 Å². The maximum absolute atomic E-state index is 12.9. The Morgan fingerprint density at radius 2 is 1.95 bits per heavy atom. The van der Waals surface area contributed by atoms with Gasteiger partial charge in [0.05, 0.1) is 11.6 Å². The van der Waals surface area contributed by atoms with E-state index >= 15 is 0 Å². The first-order valence-electron chi connectivity index (χ1n) is 6.59. The molecule has 0 fully saturated rings. The number of carbonyl (C=O) groups excluding carboxylic acids is 1. The quantitative estimate of drug-likeness (QED) is 0.809. The van der Waals surface area contributed by atoms with Crippen LogP contribution in [0.2, 0.25) is 0 Å². The number of benzene rings is 2. The van der Waals surface area contributed by atoms with Crippen LogP contribution in [0, 0.1) is 5.82 Å². The highest BCUT2D eigenvalue weighted by Crippen LogP contribution is 2.20. The van der Waals surface area contributed by atoms with Gasteiger partial charge in [-0.15, -0.1) is 0 Å². The molecule has 0 radical (unpaired) electrons. The topological polar surface area (TPSA) is 75.3 Å². The molecule has 110 valence electrons. The second-order valence-electron chi connectivity index (χ2n) is 4.80. The molecule has 1 unspecified atom stereocenters. The predicted molar refractivity (Wildman–Crippen MR) is 78.3 cm³/mol. The van der Waals surface area contributed by atoms with Crippen LogP contribution in [0.4, 0.5) is 4.39 Å². The zero-order valence-corrected chi connectivity index (χ0v) is 11.6. The Hall–Kier alpha value is -2.40. The van der Waals surface area contributed by atoms with Crippen LogP contribution in [0.15, 0.2) is 42.5 Å². The van der Waals surface area contributed by atoms with Crippen molar-refractivity contribution in [3.05, 3.63) is 65.0 Å². The SMILES string of the molecule is CC(NC(=O)c1ccc(F)cc1O)c1ccc(CN)cc1. The predicted octanol–water partition coefficient (Wildman–Crippen LogP) is 2.48. The number of hydrogen-bond donors (Lipinski definition) is 3. The monoisotopic (exact) mass is 288 g/mol. The number of carbonyl (C=O) groups is 1. The molecule has 2 aromatic rings. The molecule has 4 nitrogen and oxygen atoms in total. The molecule has 2 rings (SSSR count). The average molecular weight is 288 g/mol. The highest BCUT2D eigenvalue weighted by Gasteiger charge is 2.15. The lowest BCUT2D eigenvalue weighted by molar-refractivity contribution is 0.0937. The number of phenolic OH excluding ortho intramolecular Hbond substituents is 1. The first-order chi connectivity index (χ1) is 10.0. The van der Waals surface area contributed by atoms with Gasteiger partial charge in [0.1, 0.15) is 11.6 Å². The molecule has 0 aliphatic heterocycles. The summed E-state index contributed by atoms with van der Waals surface area (Å²) in [5.74, 6) is -1.42. The summed E-state index contributed by atoms with van der Waals surface area (Å²) in [4.78, 5) is 12.1. The van der Waals surface area contributed by atoms with Crippen molar-refractivity contribution in [1.82, 2.24) is 5.32 Å². The lowest BCUT2D eigenvalue weighted by Crippen LogP contribution is -2.26. The summed E-state index contributed by atoms with van der Waals surface area (Å²) in [6.45, 7) is 2.29. The second-order valence-corrected chi connectivity index (χ2v) is 4.80. The van der Waals surface area contributed by atoms with Gasteiger partial charge in [-0.1, -0.05) is 24.3 Å². The summed E-state index contributed by atoms with van der Waals surface area (Å²) in [6.07, 6.45) is 0. The van der Waals surface area contributed by atoms with Crippen molar-refractivity contribution >= 4 is 5.91 Å². The maximum Gasteiger partial charge on any atom is 0.255 e. The summed E-state index contributed by atoms with van der Waals surface area (Å²) in [5.41, 5.74) is 7.50. The van der Waals surface area contributed by atoms with E-state index in [4.69, 9.17) is 5.73 Å². The van der Waals surface area contributed by atoms with E-state index in [0.29, 0.717) is 6.54 Å². The zero-order chi connectivity index (χ0) is 15.4. The molecule has 0 spiro atoms. The Balaban J connectivity index is 2.10. The lowest BCUT2D eigenvalue weighted by Gasteiger charge is -2.15. The second kappa shape index (κ2) is 6.37. The van der Waals surface area contributed by atoms with Crippen molar-refractivity contribution in [2.24, 2.45) is 5.73 Å². The van der Waals surface area contributed by atoms with E-state index in [1.54, 1.807) is 0 Å². The van der Waals surface area contributed by atoms with Crippen LogP contribution in [0.5, 0.6) is 5.75 Å². The minimum atomic E-state index is -0.588. The number of hydrogen-bond acceptors (Lipinski definition) is 3. The summed E-state index contributed by atoms with van der Waals surface area (Å²) in [5, 5.41) is 12.4. The van der Waals surface area contributed by atoms with Gasteiger partial charge < -0.3 is 16.2 Å². The van der Waals surface area contributed by atoms with Crippen molar-refractivity contribution in [1.29, 1.82) is 0 Å². The fraction of sp³-hybridized carbons (Fsp3) is 0.188.